The molecular formula is C22H34N4O6S3. The lowest BCUT2D eigenvalue weighted by molar-refractivity contribution is -0.142. The number of aromatic hydroxyl groups is 1. The van der Waals surface area contributed by atoms with Gasteiger partial charge in [0.05, 0.1) is 6.04 Å². The quantitative estimate of drug-likeness (QED) is 0.143. The predicted molar refractivity (Wildman–Crippen MR) is 143 cm³/mol. The van der Waals surface area contributed by atoms with Crippen LogP contribution in [-0.2, 0) is 25.6 Å². The van der Waals surface area contributed by atoms with E-state index in [4.69, 9.17) is 5.73 Å². The van der Waals surface area contributed by atoms with Crippen molar-refractivity contribution in [1.29, 1.82) is 0 Å². The van der Waals surface area contributed by atoms with Gasteiger partial charge in [-0.15, -0.1) is 0 Å². The minimum absolute atomic E-state index is 0.0548. The topological polar surface area (TPSA) is 171 Å². The highest BCUT2D eigenvalue weighted by Gasteiger charge is 2.30. The smallest absolute Gasteiger partial charge is 0.326 e. The summed E-state index contributed by atoms with van der Waals surface area (Å²) in [5, 5.41) is 26.7. The highest BCUT2D eigenvalue weighted by Crippen LogP contribution is 2.12. The summed E-state index contributed by atoms with van der Waals surface area (Å²) >= 11 is 6.95. The van der Waals surface area contributed by atoms with Crippen molar-refractivity contribution in [3.63, 3.8) is 0 Å². The van der Waals surface area contributed by atoms with Gasteiger partial charge in [-0.05, 0) is 54.6 Å². The van der Waals surface area contributed by atoms with E-state index in [1.54, 1.807) is 12.1 Å². The minimum atomic E-state index is -1.15. The molecule has 0 aliphatic rings. The van der Waals surface area contributed by atoms with E-state index in [9.17, 15) is 29.4 Å². The largest absolute Gasteiger partial charge is 0.508 e. The molecule has 1 rings (SSSR count). The van der Waals surface area contributed by atoms with Crippen molar-refractivity contribution in [2.24, 2.45) is 5.73 Å². The Morgan fingerprint density at radius 1 is 0.886 bits per heavy atom. The van der Waals surface area contributed by atoms with E-state index in [0.29, 0.717) is 17.1 Å². The van der Waals surface area contributed by atoms with Gasteiger partial charge in [0.2, 0.25) is 17.7 Å². The van der Waals surface area contributed by atoms with E-state index in [2.05, 4.69) is 28.6 Å². The lowest BCUT2D eigenvalue weighted by atomic mass is 10.0. The monoisotopic (exact) mass is 546 g/mol. The average molecular weight is 547 g/mol. The number of aliphatic carboxylic acids is 1. The molecule has 0 radical (unpaired) electrons. The molecule has 10 nitrogen and oxygen atoms in total. The molecule has 0 aliphatic heterocycles. The number of carboxylic acids is 1. The molecule has 3 amide bonds. The molecule has 0 spiro atoms. The first-order valence-corrected chi connectivity index (χ1v) is 14.3. The van der Waals surface area contributed by atoms with Gasteiger partial charge in [-0.1, -0.05) is 12.1 Å². The number of amides is 3. The molecule has 35 heavy (non-hydrogen) atoms. The fraction of sp³-hybridized carbons (Fsp3) is 0.545. The summed E-state index contributed by atoms with van der Waals surface area (Å²) in [6, 6.07) is 2.07. The first-order valence-electron chi connectivity index (χ1n) is 10.9. The summed E-state index contributed by atoms with van der Waals surface area (Å²) in [7, 11) is 0. The number of carbonyl (C=O) groups is 4. The van der Waals surface area contributed by atoms with Gasteiger partial charge in [-0.2, -0.15) is 36.2 Å². The Hall–Kier alpha value is -2.09. The Kier molecular flexibility index (Phi) is 14.6. The first kappa shape index (κ1) is 30.9. The molecule has 13 heteroatoms. The molecule has 4 unspecified atom stereocenters. The normalized spacial score (nSPS) is 14.3. The lowest BCUT2D eigenvalue weighted by Gasteiger charge is -2.25. The van der Waals surface area contributed by atoms with Crippen LogP contribution < -0.4 is 21.7 Å². The minimum Gasteiger partial charge on any atom is -0.508 e. The zero-order chi connectivity index (χ0) is 26.4. The molecule has 1 aromatic carbocycles. The number of carbonyl (C=O) groups excluding carboxylic acids is 3. The second-order valence-corrected chi connectivity index (χ2v) is 10.1. The molecule has 0 fully saturated rings. The van der Waals surface area contributed by atoms with Crippen molar-refractivity contribution < 1.29 is 29.4 Å². The average Bonchev–Trinajstić information content (AvgIpc) is 2.83. The van der Waals surface area contributed by atoms with Crippen molar-refractivity contribution in [3.05, 3.63) is 29.8 Å². The molecular weight excluding hydrogens is 512 g/mol. The highest BCUT2D eigenvalue weighted by atomic mass is 32.2. The van der Waals surface area contributed by atoms with E-state index in [0.717, 1.165) is 0 Å². The number of thioether (sulfide) groups is 2. The number of nitrogens with one attached hydrogen (secondary N) is 3. The number of hydrogen-bond donors (Lipinski definition) is 7. The molecule has 0 bridgehead atoms. The first-order chi connectivity index (χ1) is 16.6. The molecule has 4 atom stereocenters. The Morgan fingerprint density at radius 3 is 1.89 bits per heavy atom. The second kappa shape index (κ2) is 16.6. The summed E-state index contributed by atoms with van der Waals surface area (Å²) in [5.74, 6) is -1.74. The summed E-state index contributed by atoms with van der Waals surface area (Å²) in [4.78, 5) is 50.0. The summed E-state index contributed by atoms with van der Waals surface area (Å²) < 4.78 is 0. The zero-order valence-electron chi connectivity index (χ0n) is 19.7. The second-order valence-electron chi connectivity index (χ2n) is 7.74. The summed E-state index contributed by atoms with van der Waals surface area (Å²) in [5.41, 5.74) is 6.40. The lowest BCUT2D eigenvalue weighted by Crippen LogP contribution is -2.58. The van der Waals surface area contributed by atoms with E-state index in [-0.39, 0.29) is 30.8 Å². The van der Waals surface area contributed by atoms with Crippen molar-refractivity contribution >= 4 is 59.8 Å². The van der Waals surface area contributed by atoms with Gasteiger partial charge in [-0.3, -0.25) is 14.4 Å². The van der Waals surface area contributed by atoms with Crippen LogP contribution in [-0.4, -0.2) is 87.8 Å². The molecule has 7 N–H and O–H groups in total. The van der Waals surface area contributed by atoms with Crippen LogP contribution in [0.5, 0.6) is 5.75 Å². The molecule has 196 valence electrons. The predicted octanol–water partition coefficient (Wildman–Crippen LogP) is 0.237. The SMILES string of the molecule is CSCCC(NC(=O)C(CCSC)NC(=O)C(Cc1ccc(O)cc1)NC(=O)C(N)CS)C(=O)O. The molecule has 0 saturated heterocycles. The standard InChI is InChI=1S/C22H34N4O6S3/c1-34-9-7-16(20(29)25-17(22(31)32)8-10-35-2)24-21(30)18(26-19(28)15(23)12-33)11-13-3-5-14(27)6-4-13/h3-6,15-18,27,33H,7-12,23H2,1-2H3,(H,24,30)(H,25,29)(H,26,28)(H,31,32). The van der Waals surface area contributed by atoms with E-state index < -0.39 is 47.9 Å². The fourth-order valence-corrected chi connectivity index (χ4v) is 4.09. The van der Waals surface area contributed by atoms with Gasteiger partial charge in [0.1, 0.15) is 23.9 Å². The van der Waals surface area contributed by atoms with Crippen LogP contribution in [0.3, 0.4) is 0 Å². The maximum absolute atomic E-state index is 13.2. The Bertz CT molecular complexity index is 843. The summed E-state index contributed by atoms with van der Waals surface area (Å²) in [6.45, 7) is 0. The molecule has 0 saturated carbocycles. The van der Waals surface area contributed by atoms with Gasteiger partial charge in [0.25, 0.3) is 0 Å². The number of benzene rings is 1. The van der Waals surface area contributed by atoms with Crippen molar-refractivity contribution in [1.82, 2.24) is 16.0 Å². The third kappa shape index (κ3) is 11.5. The number of hydrogen-bond acceptors (Lipinski definition) is 9. The van der Waals surface area contributed by atoms with E-state index in [1.165, 1.54) is 35.7 Å². The van der Waals surface area contributed by atoms with Gasteiger partial charge >= 0.3 is 5.97 Å². The number of phenols is 1. The maximum Gasteiger partial charge on any atom is 0.326 e. The van der Waals surface area contributed by atoms with Gasteiger partial charge in [-0.25, -0.2) is 4.79 Å². The third-order valence-electron chi connectivity index (χ3n) is 5.01. The van der Waals surface area contributed by atoms with Crippen LogP contribution in [0, 0.1) is 0 Å². The fourth-order valence-electron chi connectivity index (χ4n) is 2.98. The van der Waals surface area contributed by atoms with Gasteiger partial charge in [0.15, 0.2) is 0 Å². The van der Waals surface area contributed by atoms with Gasteiger partial charge < -0.3 is 31.9 Å². The molecule has 0 aromatic heterocycles. The third-order valence-corrected chi connectivity index (χ3v) is 6.69. The Labute approximate surface area is 219 Å². The van der Waals surface area contributed by atoms with Crippen LogP contribution in [0.15, 0.2) is 24.3 Å². The van der Waals surface area contributed by atoms with Crippen LogP contribution in [0.1, 0.15) is 18.4 Å². The number of rotatable bonds is 16. The zero-order valence-corrected chi connectivity index (χ0v) is 22.3. The maximum atomic E-state index is 13.2. The highest BCUT2D eigenvalue weighted by molar-refractivity contribution is 7.98. The van der Waals surface area contributed by atoms with Crippen molar-refractivity contribution in [3.8, 4) is 5.75 Å². The van der Waals surface area contributed by atoms with Crippen molar-refractivity contribution in [2.75, 3.05) is 29.8 Å². The molecule has 0 heterocycles. The van der Waals surface area contributed by atoms with Crippen LogP contribution in [0.2, 0.25) is 0 Å². The molecule has 1 aromatic rings. The number of nitrogens with two attached hydrogens (primary N) is 1. The van der Waals surface area contributed by atoms with Crippen LogP contribution >= 0.6 is 36.2 Å². The number of thiol groups is 1. The number of carboxylic acid groups (broad SMARTS) is 1. The number of phenolic OH excluding ortho intramolecular Hbond substituents is 1. The van der Waals surface area contributed by atoms with Crippen LogP contribution in [0.4, 0.5) is 0 Å². The summed E-state index contributed by atoms with van der Waals surface area (Å²) in [6.07, 6.45) is 4.28. The van der Waals surface area contributed by atoms with Gasteiger partial charge in [0, 0.05) is 12.2 Å². The van der Waals surface area contributed by atoms with Crippen LogP contribution in [0.25, 0.3) is 0 Å². The van der Waals surface area contributed by atoms with E-state index >= 15 is 0 Å². The Morgan fingerprint density at radius 2 is 1.37 bits per heavy atom. The Balaban J connectivity index is 3.06. The van der Waals surface area contributed by atoms with Crippen molar-refractivity contribution in [2.45, 2.75) is 43.4 Å². The van der Waals surface area contributed by atoms with E-state index in [1.807, 2.05) is 12.5 Å². The molecule has 0 aliphatic carbocycles.